The number of aromatic nitrogens is 1. The second-order valence-electron chi connectivity index (χ2n) is 7.58. The minimum absolute atomic E-state index is 0.0105. The SMILES string of the molecule is COc1ccc(/C(O)=C2\C(=O)C(=O)N(CCN3CCOCC3)C2c2cccnc2)cc1F. The summed E-state index contributed by atoms with van der Waals surface area (Å²) in [5, 5.41) is 11.0. The highest BCUT2D eigenvalue weighted by atomic mass is 19.1. The standard InChI is InChI=1S/C23H24FN3O5/c1-31-18-5-4-15(13-17(18)24)21(28)19-20(16-3-2-6-25-14-16)27(23(30)22(19)29)8-7-26-9-11-32-12-10-26/h2-6,13-14,20,28H,7-12H2,1H3/b21-19+. The van der Waals surface area contributed by atoms with Gasteiger partial charge in [0, 0.05) is 44.1 Å². The number of ether oxygens (including phenoxy) is 2. The van der Waals surface area contributed by atoms with Crippen molar-refractivity contribution in [1.82, 2.24) is 14.8 Å². The lowest BCUT2D eigenvalue weighted by atomic mass is 9.96. The van der Waals surface area contributed by atoms with Crippen LogP contribution in [0.5, 0.6) is 5.75 Å². The molecular formula is C23H24FN3O5. The van der Waals surface area contributed by atoms with E-state index in [1.165, 1.54) is 24.1 Å². The molecule has 2 aliphatic heterocycles. The van der Waals surface area contributed by atoms with Gasteiger partial charge in [-0.05, 0) is 29.8 Å². The molecule has 0 aliphatic carbocycles. The number of ketones is 1. The number of aliphatic hydroxyl groups is 1. The number of carbonyl (C=O) groups excluding carboxylic acids is 2. The van der Waals surface area contributed by atoms with Crippen LogP contribution in [-0.2, 0) is 14.3 Å². The van der Waals surface area contributed by atoms with Gasteiger partial charge in [0.2, 0.25) is 0 Å². The van der Waals surface area contributed by atoms with Crippen molar-refractivity contribution >= 4 is 17.4 Å². The van der Waals surface area contributed by atoms with Crippen LogP contribution in [-0.4, -0.2) is 78.1 Å². The Morgan fingerprint density at radius 2 is 2.03 bits per heavy atom. The van der Waals surface area contributed by atoms with Crippen LogP contribution >= 0.6 is 0 Å². The van der Waals surface area contributed by atoms with Gasteiger partial charge < -0.3 is 19.5 Å². The van der Waals surface area contributed by atoms with Crippen LogP contribution in [0.4, 0.5) is 4.39 Å². The van der Waals surface area contributed by atoms with E-state index in [9.17, 15) is 19.1 Å². The molecule has 1 atom stereocenters. The Kier molecular flexibility index (Phi) is 6.48. The first-order valence-electron chi connectivity index (χ1n) is 10.3. The van der Waals surface area contributed by atoms with Gasteiger partial charge in [-0.3, -0.25) is 19.5 Å². The minimum atomic E-state index is -0.824. The van der Waals surface area contributed by atoms with E-state index in [1.54, 1.807) is 24.5 Å². The third kappa shape index (κ3) is 4.21. The number of nitrogens with zero attached hydrogens (tertiary/aromatic N) is 3. The average Bonchev–Trinajstić information content (AvgIpc) is 3.08. The number of aliphatic hydroxyl groups excluding tert-OH is 1. The lowest BCUT2D eigenvalue weighted by Gasteiger charge is -2.30. The molecule has 1 aromatic heterocycles. The van der Waals surface area contributed by atoms with Crippen molar-refractivity contribution < 1.29 is 28.6 Å². The monoisotopic (exact) mass is 441 g/mol. The smallest absolute Gasteiger partial charge is 0.295 e. The molecule has 0 spiro atoms. The first-order valence-corrected chi connectivity index (χ1v) is 10.3. The van der Waals surface area contributed by atoms with Crippen molar-refractivity contribution in [3.8, 4) is 5.75 Å². The molecule has 0 bridgehead atoms. The quantitative estimate of drug-likeness (QED) is 0.416. The van der Waals surface area contributed by atoms with Crippen LogP contribution in [0.3, 0.4) is 0 Å². The molecule has 1 aromatic carbocycles. The number of hydrogen-bond donors (Lipinski definition) is 1. The van der Waals surface area contributed by atoms with Crippen LogP contribution < -0.4 is 4.74 Å². The zero-order chi connectivity index (χ0) is 22.7. The second kappa shape index (κ2) is 9.46. The molecule has 2 aliphatic rings. The fourth-order valence-electron chi connectivity index (χ4n) is 4.04. The summed E-state index contributed by atoms with van der Waals surface area (Å²) >= 11 is 0. The Labute approximate surface area is 184 Å². The number of morpholine rings is 1. The van der Waals surface area contributed by atoms with E-state index in [0.29, 0.717) is 25.3 Å². The largest absolute Gasteiger partial charge is 0.507 e. The van der Waals surface area contributed by atoms with Gasteiger partial charge >= 0.3 is 0 Å². The summed E-state index contributed by atoms with van der Waals surface area (Å²) in [6.45, 7) is 3.57. The summed E-state index contributed by atoms with van der Waals surface area (Å²) in [4.78, 5) is 33.7. The number of likely N-dealkylation sites (tertiary alicyclic amines) is 1. The molecule has 4 rings (SSSR count). The first kappa shape index (κ1) is 21.9. The predicted octanol–water partition coefficient (Wildman–Crippen LogP) is 1.98. The predicted molar refractivity (Wildman–Crippen MR) is 113 cm³/mol. The van der Waals surface area contributed by atoms with E-state index in [1.807, 2.05) is 0 Å². The molecule has 8 nitrogen and oxygen atoms in total. The Hall–Kier alpha value is -3.30. The van der Waals surface area contributed by atoms with Gasteiger partial charge in [0.05, 0.1) is 31.9 Å². The van der Waals surface area contributed by atoms with Gasteiger partial charge in [-0.1, -0.05) is 6.07 Å². The van der Waals surface area contributed by atoms with Crippen LogP contribution in [0.1, 0.15) is 17.2 Å². The maximum Gasteiger partial charge on any atom is 0.295 e. The third-order valence-electron chi connectivity index (χ3n) is 5.73. The molecule has 1 unspecified atom stereocenters. The number of benzene rings is 1. The lowest BCUT2D eigenvalue weighted by molar-refractivity contribution is -0.140. The molecule has 2 saturated heterocycles. The number of pyridine rings is 1. The summed E-state index contributed by atoms with van der Waals surface area (Å²) in [6.07, 6.45) is 3.14. The maximum absolute atomic E-state index is 14.2. The molecule has 2 aromatic rings. The molecule has 168 valence electrons. The number of methoxy groups -OCH3 is 1. The normalized spacial score (nSPS) is 21.2. The van der Waals surface area contributed by atoms with Crippen LogP contribution in [0, 0.1) is 5.82 Å². The fourth-order valence-corrected chi connectivity index (χ4v) is 4.04. The number of amides is 1. The summed E-state index contributed by atoms with van der Waals surface area (Å²) in [7, 11) is 1.33. The van der Waals surface area contributed by atoms with E-state index in [2.05, 4.69) is 9.88 Å². The maximum atomic E-state index is 14.2. The van der Waals surface area contributed by atoms with E-state index in [0.717, 1.165) is 19.2 Å². The molecular weight excluding hydrogens is 417 g/mol. The average molecular weight is 441 g/mol. The molecule has 32 heavy (non-hydrogen) atoms. The highest BCUT2D eigenvalue weighted by molar-refractivity contribution is 6.46. The highest BCUT2D eigenvalue weighted by Crippen LogP contribution is 2.39. The second-order valence-corrected chi connectivity index (χ2v) is 7.58. The van der Waals surface area contributed by atoms with Gasteiger partial charge in [0.15, 0.2) is 11.6 Å². The molecule has 9 heteroatoms. The van der Waals surface area contributed by atoms with Gasteiger partial charge in [0.25, 0.3) is 11.7 Å². The zero-order valence-corrected chi connectivity index (χ0v) is 17.7. The summed E-state index contributed by atoms with van der Waals surface area (Å²) in [5.41, 5.74) is 0.585. The van der Waals surface area contributed by atoms with Crippen molar-refractivity contribution in [2.75, 3.05) is 46.5 Å². The van der Waals surface area contributed by atoms with Gasteiger partial charge in [-0.15, -0.1) is 0 Å². The molecule has 2 fully saturated rings. The number of halogens is 1. The topological polar surface area (TPSA) is 92.2 Å². The molecule has 0 radical (unpaired) electrons. The Morgan fingerprint density at radius 3 is 2.69 bits per heavy atom. The van der Waals surface area contributed by atoms with Crippen molar-refractivity contribution in [2.45, 2.75) is 6.04 Å². The van der Waals surface area contributed by atoms with Crippen LogP contribution in [0.15, 0.2) is 48.3 Å². The third-order valence-corrected chi connectivity index (χ3v) is 5.73. The molecule has 0 saturated carbocycles. The summed E-state index contributed by atoms with van der Waals surface area (Å²) in [6, 6.07) is 6.50. The Morgan fingerprint density at radius 1 is 1.25 bits per heavy atom. The minimum Gasteiger partial charge on any atom is -0.507 e. The first-order chi connectivity index (χ1) is 15.5. The van der Waals surface area contributed by atoms with E-state index in [4.69, 9.17) is 9.47 Å². The van der Waals surface area contributed by atoms with Gasteiger partial charge in [-0.25, -0.2) is 4.39 Å². The number of hydrogen-bond acceptors (Lipinski definition) is 7. The lowest BCUT2D eigenvalue weighted by Crippen LogP contribution is -2.42. The van der Waals surface area contributed by atoms with Crippen LogP contribution in [0.2, 0.25) is 0 Å². The summed E-state index contributed by atoms with van der Waals surface area (Å²) in [5.74, 6) is -2.63. The van der Waals surface area contributed by atoms with Gasteiger partial charge in [0.1, 0.15) is 5.76 Å². The molecule has 1 amide bonds. The van der Waals surface area contributed by atoms with Crippen molar-refractivity contribution in [1.29, 1.82) is 0 Å². The Bertz CT molecular complexity index is 1040. The van der Waals surface area contributed by atoms with Crippen LogP contribution in [0.25, 0.3) is 5.76 Å². The van der Waals surface area contributed by atoms with Gasteiger partial charge in [-0.2, -0.15) is 0 Å². The Balaban J connectivity index is 1.72. The molecule has 1 N–H and O–H groups in total. The zero-order valence-electron chi connectivity index (χ0n) is 17.7. The number of Topliss-reactive ketones (excluding diaryl/α,β-unsaturated/α-hetero) is 1. The van der Waals surface area contributed by atoms with Crippen molar-refractivity contribution in [3.05, 3.63) is 65.2 Å². The van der Waals surface area contributed by atoms with E-state index < -0.39 is 29.3 Å². The van der Waals surface area contributed by atoms with E-state index in [-0.39, 0.29) is 23.4 Å². The van der Waals surface area contributed by atoms with Crippen molar-refractivity contribution in [3.63, 3.8) is 0 Å². The summed E-state index contributed by atoms with van der Waals surface area (Å²) < 4.78 is 24.5. The van der Waals surface area contributed by atoms with E-state index >= 15 is 0 Å². The fraction of sp³-hybridized carbons (Fsp3) is 0.348. The number of carbonyl (C=O) groups is 2. The highest BCUT2D eigenvalue weighted by Gasteiger charge is 2.46. The number of rotatable bonds is 6. The van der Waals surface area contributed by atoms with Crippen molar-refractivity contribution in [2.24, 2.45) is 0 Å². The molecule has 3 heterocycles.